The fourth-order valence-corrected chi connectivity index (χ4v) is 0.243. The van der Waals surface area contributed by atoms with Gasteiger partial charge >= 0.3 is 5.97 Å². The minimum absolute atomic E-state index is 0.0340. The van der Waals surface area contributed by atoms with Gasteiger partial charge in [-0.25, -0.2) is 4.79 Å². The van der Waals surface area contributed by atoms with Crippen molar-refractivity contribution in [3.05, 3.63) is 10.1 Å². The third-order valence-corrected chi connectivity index (χ3v) is 1.17. The van der Waals surface area contributed by atoms with E-state index >= 15 is 0 Å². The molecule has 2 nitrogen and oxygen atoms in total. The van der Waals surface area contributed by atoms with Crippen molar-refractivity contribution < 1.29 is 9.90 Å². The molecule has 0 unspecified atom stereocenters. The molecule has 4 heteroatoms. The van der Waals surface area contributed by atoms with Gasteiger partial charge < -0.3 is 5.11 Å². The van der Waals surface area contributed by atoms with Gasteiger partial charge in [-0.3, -0.25) is 0 Å². The summed E-state index contributed by atoms with van der Waals surface area (Å²) in [6.45, 7) is 1.33. The predicted molar refractivity (Wildman–Crippen MR) is 32.0 cm³/mol. The molecular weight excluding hydrogens is 151 g/mol. The second kappa shape index (κ2) is 2.95. The van der Waals surface area contributed by atoms with E-state index in [0.717, 1.165) is 0 Å². The van der Waals surface area contributed by atoms with Crippen molar-refractivity contribution in [3.8, 4) is 0 Å². The highest BCUT2D eigenvalue weighted by atomic mass is 35.5. The lowest BCUT2D eigenvalue weighted by Gasteiger charge is -1.88. The number of carboxylic acid groups (broad SMARTS) is 1. The third-order valence-electron chi connectivity index (χ3n) is 0.604. The minimum atomic E-state index is -1.09. The normalized spacial score (nSPS) is 8.38. The first-order valence-corrected chi connectivity index (χ1v) is 2.56. The molecule has 0 saturated heterocycles. The fraction of sp³-hybridized carbons (Fsp3) is 0.250. The predicted octanol–water partition coefficient (Wildman–Crippen LogP) is 1.78. The monoisotopic (exact) mass is 154 g/mol. The Balaban J connectivity index is 4.23. The smallest absolute Gasteiger partial charge is 0.333 e. The molecule has 0 aliphatic rings. The summed E-state index contributed by atoms with van der Waals surface area (Å²) in [5, 5.41) is 8.13. The average Bonchev–Trinajstić information content (AvgIpc) is 1.64. The molecule has 0 fully saturated rings. The number of halogens is 2. The van der Waals surface area contributed by atoms with Crippen molar-refractivity contribution in [3.63, 3.8) is 0 Å². The maximum absolute atomic E-state index is 9.91. The fourth-order valence-electron chi connectivity index (χ4n) is 0.0808. The summed E-state index contributed by atoms with van der Waals surface area (Å²) in [5.74, 6) is -1.09. The molecule has 0 aromatic heterocycles. The summed E-state index contributed by atoms with van der Waals surface area (Å²) in [6.07, 6.45) is 0. The molecule has 0 spiro atoms. The number of hydrogen-bond acceptors (Lipinski definition) is 1. The van der Waals surface area contributed by atoms with Crippen LogP contribution in [0.4, 0.5) is 0 Å². The molecule has 0 bridgehead atoms. The molecule has 46 valence electrons. The van der Waals surface area contributed by atoms with Crippen molar-refractivity contribution in [2.75, 3.05) is 0 Å². The highest BCUT2D eigenvalue weighted by Gasteiger charge is 2.02. The zero-order valence-corrected chi connectivity index (χ0v) is 5.62. The van der Waals surface area contributed by atoms with E-state index in [1.54, 1.807) is 0 Å². The molecule has 0 amide bonds. The molecule has 0 rings (SSSR count). The molecule has 0 atom stereocenters. The molecule has 1 N–H and O–H groups in total. The molecule has 0 aromatic carbocycles. The van der Waals surface area contributed by atoms with Crippen molar-refractivity contribution >= 4 is 29.2 Å². The lowest BCUT2D eigenvalue weighted by Crippen LogP contribution is -1.95. The Bertz CT molecular complexity index is 135. The van der Waals surface area contributed by atoms with Crippen LogP contribution in [-0.4, -0.2) is 11.1 Å². The topological polar surface area (TPSA) is 37.3 Å². The van der Waals surface area contributed by atoms with Crippen molar-refractivity contribution in [1.29, 1.82) is 0 Å². The Labute approximate surface area is 56.7 Å². The Hall–Kier alpha value is -0.210. The van der Waals surface area contributed by atoms with Crippen LogP contribution in [0.15, 0.2) is 10.1 Å². The van der Waals surface area contributed by atoms with Gasteiger partial charge in [0, 0.05) is 0 Å². The molecule has 0 aliphatic heterocycles. The van der Waals surface area contributed by atoms with Crippen molar-refractivity contribution in [1.82, 2.24) is 0 Å². The quantitative estimate of drug-likeness (QED) is 0.586. The van der Waals surface area contributed by atoms with E-state index < -0.39 is 5.97 Å². The van der Waals surface area contributed by atoms with E-state index in [9.17, 15) is 4.79 Å². The van der Waals surface area contributed by atoms with E-state index in [-0.39, 0.29) is 10.1 Å². The summed E-state index contributed by atoms with van der Waals surface area (Å²) < 4.78 is -0.197. The van der Waals surface area contributed by atoms with Gasteiger partial charge in [-0.2, -0.15) is 0 Å². The number of hydrogen-bond donors (Lipinski definition) is 1. The van der Waals surface area contributed by atoms with E-state index in [1.807, 2.05) is 0 Å². The van der Waals surface area contributed by atoms with Crippen LogP contribution in [0.3, 0.4) is 0 Å². The standard InChI is InChI=1S/C4H4Cl2O2/c1-2(3(5)6)4(7)8/h1H3,(H,7,8). The largest absolute Gasteiger partial charge is 0.478 e. The maximum atomic E-state index is 9.91. The Morgan fingerprint density at radius 3 is 1.88 bits per heavy atom. The highest BCUT2D eigenvalue weighted by Crippen LogP contribution is 2.12. The highest BCUT2D eigenvalue weighted by molar-refractivity contribution is 6.57. The van der Waals surface area contributed by atoms with E-state index in [4.69, 9.17) is 28.3 Å². The van der Waals surface area contributed by atoms with Crippen LogP contribution in [-0.2, 0) is 4.79 Å². The lowest BCUT2D eigenvalue weighted by molar-refractivity contribution is -0.132. The molecule has 0 saturated carbocycles. The van der Waals surface area contributed by atoms with Gasteiger partial charge in [0.05, 0.1) is 5.57 Å². The first-order chi connectivity index (χ1) is 3.55. The van der Waals surface area contributed by atoms with Crippen LogP contribution >= 0.6 is 23.2 Å². The van der Waals surface area contributed by atoms with Gasteiger partial charge in [-0.05, 0) is 6.92 Å². The van der Waals surface area contributed by atoms with Gasteiger partial charge in [-0.1, -0.05) is 23.2 Å². The van der Waals surface area contributed by atoms with E-state index in [1.165, 1.54) is 6.92 Å². The molecule has 0 heterocycles. The minimum Gasteiger partial charge on any atom is -0.478 e. The maximum Gasteiger partial charge on any atom is 0.333 e. The first kappa shape index (κ1) is 7.79. The zero-order chi connectivity index (χ0) is 6.73. The summed E-state index contributed by atoms with van der Waals surface area (Å²) in [4.78, 5) is 9.91. The summed E-state index contributed by atoms with van der Waals surface area (Å²) >= 11 is 10.2. The van der Waals surface area contributed by atoms with Gasteiger partial charge in [0.2, 0.25) is 0 Å². The number of rotatable bonds is 1. The van der Waals surface area contributed by atoms with Crippen LogP contribution in [0, 0.1) is 0 Å². The number of carbonyl (C=O) groups is 1. The van der Waals surface area contributed by atoms with Crippen LogP contribution in [0.1, 0.15) is 6.92 Å². The molecule has 0 aliphatic carbocycles. The SMILES string of the molecule is CC(C(=O)O)=C(Cl)Cl. The Morgan fingerprint density at radius 1 is 1.50 bits per heavy atom. The van der Waals surface area contributed by atoms with Crippen LogP contribution in [0.5, 0.6) is 0 Å². The number of aliphatic carboxylic acids is 1. The Morgan fingerprint density at radius 2 is 1.88 bits per heavy atom. The van der Waals surface area contributed by atoms with Crippen LogP contribution < -0.4 is 0 Å². The Kier molecular flexibility index (Phi) is 2.87. The molecular formula is C4H4Cl2O2. The van der Waals surface area contributed by atoms with Crippen LogP contribution in [0.2, 0.25) is 0 Å². The third kappa shape index (κ3) is 2.19. The van der Waals surface area contributed by atoms with Gasteiger partial charge in [0.25, 0.3) is 0 Å². The second-order valence-corrected chi connectivity index (χ2v) is 2.14. The zero-order valence-electron chi connectivity index (χ0n) is 4.11. The summed E-state index contributed by atoms with van der Waals surface area (Å²) in [5.41, 5.74) is -0.0340. The second-order valence-electron chi connectivity index (χ2n) is 1.19. The first-order valence-electron chi connectivity index (χ1n) is 1.81. The van der Waals surface area contributed by atoms with Crippen molar-refractivity contribution in [2.45, 2.75) is 6.92 Å². The average molecular weight is 155 g/mol. The summed E-state index contributed by atoms with van der Waals surface area (Å²) in [7, 11) is 0. The molecule has 0 radical (unpaired) electrons. The van der Waals surface area contributed by atoms with Gasteiger partial charge in [0.1, 0.15) is 4.49 Å². The summed E-state index contributed by atoms with van der Waals surface area (Å²) in [6, 6.07) is 0. The van der Waals surface area contributed by atoms with Crippen molar-refractivity contribution in [2.24, 2.45) is 0 Å². The lowest BCUT2D eigenvalue weighted by atomic mass is 10.4. The number of carboxylic acids is 1. The van der Waals surface area contributed by atoms with Gasteiger partial charge in [0.15, 0.2) is 0 Å². The van der Waals surface area contributed by atoms with Crippen LogP contribution in [0.25, 0.3) is 0 Å². The molecule has 0 aromatic rings. The molecule has 8 heavy (non-hydrogen) atoms. The van der Waals surface area contributed by atoms with E-state index in [0.29, 0.717) is 0 Å². The van der Waals surface area contributed by atoms with Gasteiger partial charge in [-0.15, -0.1) is 0 Å². The van der Waals surface area contributed by atoms with E-state index in [2.05, 4.69) is 0 Å².